The number of carbonyl (C=O) groups excluding carboxylic acids is 2. The van der Waals surface area contributed by atoms with Crippen molar-refractivity contribution in [1.82, 2.24) is 9.13 Å². The van der Waals surface area contributed by atoms with Crippen molar-refractivity contribution < 1.29 is 23.8 Å². The molecule has 0 saturated carbocycles. The van der Waals surface area contributed by atoms with Crippen LogP contribution >= 0.6 is 11.3 Å². The van der Waals surface area contributed by atoms with Crippen LogP contribution in [-0.4, -0.2) is 40.9 Å². The Balaban J connectivity index is 1.57. The predicted molar refractivity (Wildman–Crippen MR) is 195 cm³/mol. The molecule has 0 spiro atoms. The Labute approximate surface area is 294 Å². The SMILES string of the molecule is CCOC(=O)C1=C(c2ccccc2)N=c2s/c(=C\c3cc(C)n(-c4cccc(C(=O)OC)c4C)c3C)c(=O)n2[C@H]1c1ccc(OC(C)C)cc1. The quantitative estimate of drug-likeness (QED) is 0.170. The van der Waals surface area contributed by atoms with Gasteiger partial charge in [0.15, 0.2) is 4.80 Å². The van der Waals surface area contributed by atoms with Crippen molar-refractivity contribution in [2.45, 2.75) is 53.7 Å². The molecule has 1 atom stereocenters. The van der Waals surface area contributed by atoms with Gasteiger partial charge in [0, 0.05) is 22.6 Å². The minimum absolute atomic E-state index is 0.0131. The van der Waals surface area contributed by atoms with Crippen molar-refractivity contribution in [3.63, 3.8) is 0 Å². The fourth-order valence-corrected chi connectivity index (χ4v) is 7.39. The molecule has 10 heteroatoms. The Bertz CT molecular complexity index is 2310. The lowest BCUT2D eigenvalue weighted by atomic mass is 9.93. The summed E-state index contributed by atoms with van der Waals surface area (Å²) in [6.07, 6.45) is 1.86. The molecule has 0 saturated heterocycles. The average Bonchev–Trinajstić information content (AvgIpc) is 3.57. The largest absolute Gasteiger partial charge is 0.491 e. The second-order valence-electron chi connectivity index (χ2n) is 12.3. The van der Waals surface area contributed by atoms with E-state index in [-0.39, 0.29) is 23.8 Å². The number of fused-ring (bicyclic) bond motifs is 1. The predicted octanol–water partition coefficient (Wildman–Crippen LogP) is 6.23. The molecule has 1 aliphatic rings. The zero-order valence-electron chi connectivity index (χ0n) is 29.1. The Morgan fingerprint density at radius 1 is 0.960 bits per heavy atom. The standard InChI is InChI=1S/C40H39N3O6S/c1-8-48-39(46)34-35(27-13-10-9-11-14-27)41-40-43(36(34)28-17-19-30(20-18-28)49-23(2)3)37(44)33(50-40)22-29-21-24(4)42(26(29)6)32-16-12-15-31(25(32)5)38(45)47-7/h9-23,36H,8H2,1-7H3/b33-22-/t36-/m0/s1. The van der Waals surface area contributed by atoms with Crippen molar-refractivity contribution in [2.24, 2.45) is 4.99 Å². The van der Waals surface area contributed by atoms with Gasteiger partial charge in [0.05, 0.1) is 47.2 Å². The van der Waals surface area contributed by atoms with Gasteiger partial charge in [0.1, 0.15) is 5.75 Å². The van der Waals surface area contributed by atoms with Crippen molar-refractivity contribution in [3.8, 4) is 11.4 Å². The van der Waals surface area contributed by atoms with Crippen molar-refractivity contribution in [3.05, 3.63) is 143 Å². The molecule has 1 aliphatic heterocycles. The molecule has 0 amide bonds. The molecule has 0 unspecified atom stereocenters. The molecular formula is C40H39N3O6S. The van der Waals surface area contributed by atoms with Crippen molar-refractivity contribution in [1.29, 1.82) is 0 Å². The third-order valence-corrected chi connectivity index (χ3v) is 9.63. The van der Waals surface area contributed by atoms with Crippen LogP contribution in [-0.2, 0) is 14.3 Å². The molecule has 256 valence electrons. The number of esters is 2. The molecule has 0 fully saturated rings. The smallest absolute Gasteiger partial charge is 0.338 e. The Kier molecular flexibility index (Phi) is 9.74. The highest BCUT2D eigenvalue weighted by Gasteiger charge is 2.35. The summed E-state index contributed by atoms with van der Waals surface area (Å²) >= 11 is 1.27. The van der Waals surface area contributed by atoms with E-state index >= 15 is 0 Å². The zero-order chi connectivity index (χ0) is 35.7. The van der Waals surface area contributed by atoms with E-state index in [9.17, 15) is 14.4 Å². The number of aromatic nitrogens is 2. The number of nitrogens with zero attached hydrogens (tertiary/aromatic N) is 3. The van der Waals surface area contributed by atoms with Crippen LogP contribution < -0.4 is 19.6 Å². The van der Waals surface area contributed by atoms with Crippen LogP contribution in [0.2, 0.25) is 0 Å². The maximum atomic E-state index is 14.5. The van der Waals surface area contributed by atoms with E-state index in [0.29, 0.717) is 26.3 Å². The molecule has 50 heavy (non-hydrogen) atoms. The Morgan fingerprint density at radius 3 is 2.34 bits per heavy atom. The molecule has 0 bridgehead atoms. The van der Waals surface area contributed by atoms with Gasteiger partial charge in [0.2, 0.25) is 0 Å². The van der Waals surface area contributed by atoms with Gasteiger partial charge in [-0.05, 0) is 94.6 Å². The molecule has 3 heterocycles. The fourth-order valence-electron chi connectivity index (χ4n) is 6.40. The number of hydrogen-bond donors (Lipinski definition) is 0. The summed E-state index contributed by atoms with van der Waals surface area (Å²) in [5.74, 6) is -0.254. The lowest BCUT2D eigenvalue weighted by Crippen LogP contribution is -2.40. The van der Waals surface area contributed by atoms with Gasteiger partial charge in [-0.2, -0.15) is 0 Å². The van der Waals surface area contributed by atoms with Gasteiger partial charge in [0.25, 0.3) is 5.56 Å². The van der Waals surface area contributed by atoms with Crippen LogP contribution in [0.25, 0.3) is 17.5 Å². The molecule has 2 aromatic heterocycles. The van der Waals surface area contributed by atoms with Crippen LogP contribution in [0.4, 0.5) is 0 Å². The number of methoxy groups -OCH3 is 1. The third kappa shape index (κ3) is 6.34. The first-order valence-electron chi connectivity index (χ1n) is 16.5. The number of carbonyl (C=O) groups is 2. The topological polar surface area (TPSA) is 101 Å². The van der Waals surface area contributed by atoms with Crippen LogP contribution in [0.3, 0.4) is 0 Å². The van der Waals surface area contributed by atoms with Crippen LogP contribution in [0.5, 0.6) is 5.75 Å². The van der Waals surface area contributed by atoms with Crippen LogP contribution in [0.1, 0.15) is 70.8 Å². The summed E-state index contributed by atoms with van der Waals surface area (Å²) in [6, 6.07) is 23.7. The number of hydrogen-bond acceptors (Lipinski definition) is 8. The normalized spacial score (nSPS) is 14.4. The van der Waals surface area contributed by atoms with Crippen LogP contribution in [0, 0.1) is 20.8 Å². The molecule has 0 aliphatic carbocycles. The summed E-state index contributed by atoms with van der Waals surface area (Å²) in [4.78, 5) is 46.2. The van der Waals surface area contributed by atoms with Crippen molar-refractivity contribution >= 4 is 35.0 Å². The Hall–Kier alpha value is -5.48. The van der Waals surface area contributed by atoms with Gasteiger partial charge in [-0.25, -0.2) is 14.6 Å². The summed E-state index contributed by atoms with van der Waals surface area (Å²) in [5, 5.41) is 0. The van der Waals surface area contributed by atoms with Crippen LogP contribution in [0.15, 0.2) is 94.2 Å². The molecule has 5 aromatic rings. The van der Waals surface area contributed by atoms with E-state index in [0.717, 1.165) is 39.3 Å². The van der Waals surface area contributed by atoms with E-state index in [1.54, 1.807) is 17.6 Å². The Morgan fingerprint density at radius 2 is 1.68 bits per heavy atom. The first-order chi connectivity index (χ1) is 24.0. The van der Waals surface area contributed by atoms with E-state index < -0.39 is 18.0 Å². The maximum Gasteiger partial charge on any atom is 0.338 e. The summed E-state index contributed by atoms with van der Waals surface area (Å²) in [7, 11) is 1.37. The zero-order valence-corrected chi connectivity index (χ0v) is 30.0. The van der Waals surface area contributed by atoms with Gasteiger partial charge in [-0.15, -0.1) is 0 Å². The maximum absolute atomic E-state index is 14.5. The minimum Gasteiger partial charge on any atom is -0.491 e. The first kappa shape index (κ1) is 34.4. The first-order valence-corrected chi connectivity index (χ1v) is 17.3. The van der Waals surface area contributed by atoms with E-state index in [4.69, 9.17) is 19.2 Å². The highest BCUT2D eigenvalue weighted by molar-refractivity contribution is 7.07. The number of benzene rings is 3. The second kappa shape index (κ2) is 14.2. The highest BCUT2D eigenvalue weighted by Crippen LogP contribution is 2.36. The average molecular weight is 690 g/mol. The summed E-state index contributed by atoms with van der Waals surface area (Å²) in [6.45, 7) is 11.7. The van der Waals surface area contributed by atoms with Gasteiger partial charge in [-0.1, -0.05) is 59.9 Å². The molecule has 0 radical (unpaired) electrons. The number of rotatable bonds is 9. The third-order valence-electron chi connectivity index (χ3n) is 8.65. The molecule has 3 aromatic carbocycles. The lowest BCUT2D eigenvalue weighted by molar-refractivity contribution is -0.138. The minimum atomic E-state index is -0.799. The fraction of sp³-hybridized carbons (Fsp3) is 0.250. The van der Waals surface area contributed by atoms with E-state index in [1.165, 1.54) is 18.4 Å². The van der Waals surface area contributed by atoms with E-state index in [1.807, 2.05) is 113 Å². The van der Waals surface area contributed by atoms with Gasteiger partial charge in [-0.3, -0.25) is 9.36 Å². The molecule has 6 rings (SSSR count). The molecule has 0 N–H and O–H groups in total. The molecule has 9 nitrogen and oxygen atoms in total. The summed E-state index contributed by atoms with van der Waals surface area (Å²) in [5.41, 5.74) is 6.74. The molecular weight excluding hydrogens is 651 g/mol. The van der Waals surface area contributed by atoms with Gasteiger partial charge < -0.3 is 18.8 Å². The van der Waals surface area contributed by atoms with Gasteiger partial charge >= 0.3 is 11.9 Å². The summed E-state index contributed by atoms with van der Waals surface area (Å²) < 4.78 is 20.6. The number of thiazole rings is 1. The highest BCUT2D eigenvalue weighted by atomic mass is 32.1. The van der Waals surface area contributed by atoms with Crippen molar-refractivity contribution in [2.75, 3.05) is 13.7 Å². The number of ether oxygens (including phenoxy) is 3. The number of aryl methyl sites for hydroxylation is 1. The van der Waals surface area contributed by atoms with E-state index in [2.05, 4.69) is 4.57 Å². The lowest BCUT2D eigenvalue weighted by Gasteiger charge is -2.26. The monoisotopic (exact) mass is 689 g/mol. The second-order valence-corrected chi connectivity index (χ2v) is 13.3.